The summed E-state index contributed by atoms with van der Waals surface area (Å²) in [7, 11) is 0. The Hall–Kier alpha value is -0.610. The van der Waals surface area contributed by atoms with Gasteiger partial charge in [-0.2, -0.15) is 0 Å². The number of carbonyl (C=O) groups excluding carboxylic acids is 1. The first-order valence-corrected chi connectivity index (χ1v) is 3.04. The number of ether oxygens (including phenoxy) is 1. The Kier molecular flexibility index (Phi) is 3.99. The van der Waals surface area contributed by atoms with E-state index in [0.717, 1.165) is 0 Å². The van der Waals surface area contributed by atoms with Crippen molar-refractivity contribution < 1.29 is 19.7 Å². The summed E-state index contributed by atoms with van der Waals surface area (Å²) in [4.78, 5) is 10.3. The Morgan fingerprint density at radius 1 is 1.70 bits per heavy atom. The standard InChI is InChI=1S/C6H12O4/c1-4(6(9)3-7)10-5(2)8/h4,6-7,9H,3H2,1-2H3. The van der Waals surface area contributed by atoms with Gasteiger partial charge in [-0.1, -0.05) is 0 Å². The van der Waals surface area contributed by atoms with Gasteiger partial charge in [0.2, 0.25) is 0 Å². The minimum absolute atomic E-state index is 0.394. The first-order valence-electron chi connectivity index (χ1n) is 3.04. The van der Waals surface area contributed by atoms with Gasteiger partial charge in [-0.15, -0.1) is 0 Å². The molecule has 0 fully saturated rings. The molecule has 0 saturated carbocycles. The molecule has 0 saturated heterocycles. The molecule has 0 aromatic heterocycles. The molecule has 0 aliphatic rings. The Morgan fingerprint density at radius 3 is 2.50 bits per heavy atom. The minimum Gasteiger partial charge on any atom is -0.460 e. The largest absolute Gasteiger partial charge is 0.460 e. The third-order valence-electron chi connectivity index (χ3n) is 1.08. The van der Waals surface area contributed by atoms with Crippen LogP contribution in [0.25, 0.3) is 0 Å². The lowest BCUT2D eigenvalue weighted by molar-refractivity contribution is -0.152. The van der Waals surface area contributed by atoms with Crippen LogP contribution in [0.3, 0.4) is 0 Å². The predicted molar refractivity (Wildman–Crippen MR) is 34.3 cm³/mol. The lowest BCUT2D eigenvalue weighted by atomic mass is 10.2. The number of hydrogen-bond acceptors (Lipinski definition) is 4. The molecule has 0 heterocycles. The maximum atomic E-state index is 10.3. The van der Waals surface area contributed by atoms with Gasteiger partial charge in [-0.3, -0.25) is 4.79 Å². The van der Waals surface area contributed by atoms with Crippen molar-refractivity contribution in [3.63, 3.8) is 0 Å². The van der Waals surface area contributed by atoms with E-state index in [4.69, 9.17) is 10.2 Å². The monoisotopic (exact) mass is 148 g/mol. The molecule has 0 aliphatic carbocycles. The van der Waals surface area contributed by atoms with Crippen LogP contribution in [-0.2, 0) is 9.53 Å². The quantitative estimate of drug-likeness (QED) is 0.519. The molecule has 10 heavy (non-hydrogen) atoms. The molecule has 0 aromatic rings. The number of esters is 1. The molecule has 0 amide bonds. The smallest absolute Gasteiger partial charge is 0.302 e. The fraction of sp³-hybridized carbons (Fsp3) is 0.833. The average molecular weight is 148 g/mol. The third-order valence-corrected chi connectivity index (χ3v) is 1.08. The number of hydrogen-bond donors (Lipinski definition) is 2. The zero-order valence-corrected chi connectivity index (χ0v) is 6.07. The molecule has 2 unspecified atom stereocenters. The SMILES string of the molecule is CC(=O)OC(C)C(O)CO. The molecule has 0 spiro atoms. The highest BCUT2D eigenvalue weighted by atomic mass is 16.6. The average Bonchev–Trinajstić information content (AvgIpc) is 1.85. The van der Waals surface area contributed by atoms with Gasteiger partial charge >= 0.3 is 5.97 Å². The molecule has 0 radical (unpaired) electrons. The van der Waals surface area contributed by atoms with Crippen LogP contribution >= 0.6 is 0 Å². The summed E-state index contributed by atoms with van der Waals surface area (Å²) in [5.41, 5.74) is 0. The van der Waals surface area contributed by atoms with Crippen LogP contribution in [-0.4, -0.2) is 35.0 Å². The molecule has 0 rings (SSSR count). The minimum atomic E-state index is -0.983. The lowest BCUT2D eigenvalue weighted by Crippen LogP contribution is -2.30. The van der Waals surface area contributed by atoms with E-state index in [1.807, 2.05) is 0 Å². The summed E-state index contributed by atoms with van der Waals surface area (Å²) < 4.78 is 4.55. The predicted octanol–water partition coefficient (Wildman–Crippen LogP) is -0.709. The molecule has 4 nitrogen and oxygen atoms in total. The number of aliphatic hydroxyl groups is 2. The first-order chi connectivity index (χ1) is 4.57. The molecule has 0 aliphatic heterocycles. The van der Waals surface area contributed by atoms with Crippen molar-refractivity contribution in [1.29, 1.82) is 0 Å². The van der Waals surface area contributed by atoms with Crippen molar-refractivity contribution in [3.05, 3.63) is 0 Å². The fourth-order valence-corrected chi connectivity index (χ4v) is 0.489. The number of rotatable bonds is 3. The van der Waals surface area contributed by atoms with E-state index in [0.29, 0.717) is 0 Å². The van der Waals surface area contributed by atoms with E-state index in [-0.39, 0.29) is 0 Å². The summed E-state index contributed by atoms with van der Waals surface area (Å²) in [6.45, 7) is 2.37. The van der Waals surface area contributed by atoms with E-state index in [1.165, 1.54) is 13.8 Å². The van der Waals surface area contributed by atoms with Crippen LogP contribution in [0.2, 0.25) is 0 Å². The molecule has 2 atom stereocenters. The number of carbonyl (C=O) groups is 1. The molecule has 4 heteroatoms. The van der Waals surface area contributed by atoms with E-state index < -0.39 is 24.8 Å². The molecule has 0 bridgehead atoms. The molecule has 2 N–H and O–H groups in total. The first kappa shape index (κ1) is 9.39. The summed E-state index contributed by atoms with van der Waals surface area (Å²) in [5.74, 6) is -0.458. The van der Waals surface area contributed by atoms with Crippen molar-refractivity contribution in [1.82, 2.24) is 0 Å². The third kappa shape index (κ3) is 3.42. The Balaban J connectivity index is 3.61. The van der Waals surface area contributed by atoms with Gasteiger partial charge in [-0.25, -0.2) is 0 Å². The van der Waals surface area contributed by atoms with E-state index >= 15 is 0 Å². The van der Waals surface area contributed by atoms with Gasteiger partial charge in [0.1, 0.15) is 12.2 Å². The zero-order chi connectivity index (χ0) is 8.15. The normalized spacial score (nSPS) is 16.0. The van der Waals surface area contributed by atoms with Gasteiger partial charge in [0, 0.05) is 6.92 Å². The van der Waals surface area contributed by atoms with Crippen LogP contribution in [0.15, 0.2) is 0 Å². The van der Waals surface area contributed by atoms with Crippen LogP contribution in [0.5, 0.6) is 0 Å². The van der Waals surface area contributed by atoms with Crippen molar-refractivity contribution in [2.24, 2.45) is 0 Å². The van der Waals surface area contributed by atoms with E-state index in [1.54, 1.807) is 0 Å². The van der Waals surface area contributed by atoms with Crippen LogP contribution in [0, 0.1) is 0 Å². The maximum Gasteiger partial charge on any atom is 0.302 e. The molecular weight excluding hydrogens is 136 g/mol. The second kappa shape index (κ2) is 4.24. The van der Waals surface area contributed by atoms with Gasteiger partial charge < -0.3 is 14.9 Å². The van der Waals surface area contributed by atoms with Gasteiger partial charge in [0.15, 0.2) is 0 Å². The Morgan fingerprint density at radius 2 is 2.20 bits per heavy atom. The summed E-state index contributed by atoms with van der Waals surface area (Å²) in [5, 5.41) is 17.2. The Labute approximate surface area is 59.4 Å². The second-order valence-electron chi connectivity index (χ2n) is 2.06. The van der Waals surface area contributed by atoms with Crippen molar-refractivity contribution in [3.8, 4) is 0 Å². The summed E-state index contributed by atoms with van der Waals surface area (Å²) >= 11 is 0. The summed E-state index contributed by atoms with van der Waals surface area (Å²) in [6, 6.07) is 0. The van der Waals surface area contributed by atoms with Crippen molar-refractivity contribution in [2.45, 2.75) is 26.1 Å². The highest BCUT2D eigenvalue weighted by molar-refractivity contribution is 5.66. The second-order valence-corrected chi connectivity index (χ2v) is 2.06. The van der Waals surface area contributed by atoms with E-state index in [2.05, 4.69) is 4.74 Å². The van der Waals surface area contributed by atoms with Crippen LogP contribution in [0.4, 0.5) is 0 Å². The Bertz CT molecular complexity index is 112. The zero-order valence-electron chi connectivity index (χ0n) is 6.07. The van der Waals surface area contributed by atoms with Gasteiger partial charge in [0.05, 0.1) is 6.61 Å². The number of aliphatic hydroxyl groups excluding tert-OH is 2. The van der Waals surface area contributed by atoms with Crippen molar-refractivity contribution >= 4 is 5.97 Å². The van der Waals surface area contributed by atoms with Crippen molar-refractivity contribution in [2.75, 3.05) is 6.61 Å². The van der Waals surface area contributed by atoms with E-state index in [9.17, 15) is 4.79 Å². The molecule has 0 aromatic carbocycles. The maximum absolute atomic E-state index is 10.3. The van der Waals surface area contributed by atoms with Gasteiger partial charge in [-0.05, 0) is 6.92 Å². The van der Waals surface area contributed by atoms with Crippen LogP contribution in [0.1, 0.15) is 13.8 Å². The van der Waals surface area contributed by atoms with Gasteiger partial charge in [0.25, 0.3) is 0 Å². The highest BCUT2D eigenvalue weighted by Gasteiger charge is 2.14. The molecular formula is C6H12O4. The lowest BCUT2D eigenvalue weighted by Gasteiger charge is -2.15. The fourth-order valence-electron chi connectivity index (χ4n) is 0.489. The molecule has 60 valence electrons. The van der Waals surface area contributed by atoms with Crippen LogP contribution < -0.4 is 0 Å². The topological polar surface area (TPSA) is 66.8 Å². The highest BCUT2D eigenvalue weighted by Crippen LogP contribution is 1.97. The summed E-state index contributed by atoms with van der Waals surface area (Å²) in [6.07, 6.45) is -1.62.